The first-order valence-electron chi connectivity index (χ1n) is 8.50. The molecule has 2 aromatic rings. The van der Waals surface area contributed by atoms with Crippen LogP contribution >= 0.6 is 0 Å². The number of aliphatic hydroxyl groups is 1. The van der Waals surface area contributed by atoms with Gasteiger partial charge in [-0.3, -0.25) is 4.90 Å². The highest BCUT2D eigenvalue weighted by Crippen LogP contribution is 2.18. The third kappa shape index (κ3) is 4.90. The van der Waals surface area contributed by atoms with E-state index in [0.29, 0.717) is 5.92 Å². The van der Waals surface area contributed by atoms with Gasteiger partial charge in [-0.05, 0) is 24.1 Å². The second-order valence-corrected chi connectivity index (χ2v) is 6.46. The topological polar surface area (TPSA) is 35.5 Å². The number of rotatable bonds is 6. The van der Waals surface area contributed by atoms with E-state index in [2.05, 4.69) is 70.9 Å². The van der Waals surface area contributed by atoms with Crippen LogP contribution in [-0.4, -0.2) is 35.7 Å². The molecule has 3 nitrogen and oxygen atoms in total. The monoisotopic (exact) mass is 310 g/mol. The molecular weight excluding hydrogens is 284 g/mol. The van der Waals surface area contributed by atoms with Crippen LogP contribution in [0.15, 0.2) is 60.7 Å². The molecule has 1 aliphatic heterocycles. The van der Waals surface area contributed by atoms with Gasteiger partial charge in [0.05, 0.1) is 6.10 Å². The molecule has 3 rings (SSSR count). The van der Waals surface area contributed by atoms with Crippen molar-refractivity contribution < 1.29 is 5.11 Å². The van der Waals surface area contributed by atoms with Crippen LogP contribution in [0, 0.1) is 5.92 Å². The maximum Gasteiger partial charge on any atom is 0.0705 e. The standard InChI is InChI=1S/C20H26N2O/c23-20-13-21-12-11-19(20)16-22(14-17-7-3-1-4-8-17)15-18-9-5-2-6-10-18/h1-10,19-21,23H,11-16H2. The number of β-amino-alcohol motifs (C(OH)–C–C–N with tert-alkyl or cyclic N) is 1. The fourth-order valence-corrected chi connectivity index (χ4v) is 3.31. The molecule has 0 bridgehead atoms. The summed E-state index contributed by atoms with van der Waals surface area (Å²) in [6.45, 7) is 4.51. The summed E-state index contributed by atoms with van der Waals surface area (Å²) in [7, 11) is 0. The molecule has 1 heterocycles. The zero-order valence-electron chi connectivity index (χ0n) is 13.6. The largest absolute Gasteiger partial charge is 0.391 e. The Labute approximate surface area is 139 Å². The molecule has 0 aromatic heterocycles. The van der Waals surface area contributed by atoms with Crippen molar-refractivity contribution in [2.45, 2.75) is 25.6 Å². The highest BCUT2D eigenvalue weighted by atomic mass is 16.3. The lowest BCUT2D eigenvalue weighted by Gasteiger charge is -2.33. The summed E-state index contributed by atoms with van der Waals surface area (Å²) in [6, 6.07) is 21.2. The van der Waals surface area contributed by atoms with E-state index in [9.17, 15) is 5.11 Å². The second-order valence-electron chi connectivity index (χ2n) is 6.46. The lowest BCUT2D eigenvalue weighted by atomic mass is 9.94. The molecule has 2 atom stereocenters. The maximum atomic E-state index is 10.3. The van der Waals surface area contributed by atoms with Crippen LogP contribution < -0.4 is 5.32 Å². The molecule has 23 heavy (non-hydrogen) atoms. The van der Waals surface area contributed by atoms with Crippen LogP contribution in [0.1, 0.15) is 17.5 Å². The van der Waals surface area contributed by atoms with Crippen LogP contribution in [0.25, 0.3) is 0 Å². The summed E-state index contributed by atoms with van der Waals surface area (Å²) in [5.41, 5.74) is 2.65. The number of hydrogen-bond acceptors (Lipinski definition) is 3. The summed E-state index contributed by atoms with van der Waals surface area (Å²) >= 11 is 0. The highest BCUT2D eigenvalue weighted by Gasteiger charge is 2.25. The van der Waals surface area contributed by atoms with E-state index < -0.39 is 0 Å². The first-order valence-corrected chi connectivity index (χ1v) is 8.50. The van der Waals surface area contributed by atoms with Gasteiger partial charge in [0.25, 0.3) is 0 Å². The summed E-state index contributed by atoms with van der Waals surface area (Å²) in [4.78, 5) is 2.46. The van der Waals surface area contributed by atoms with Crippen molar-refractivity contribution in [3.8, 4) is 0 Å². The molecule has 122 valence electrons. The summed E-state index contributed by atoms with van der Waals surface area (Å²) in [5.74, 6) is 0.351. The van der Waals surface area contributed by atoms with Crippen molar-refractivity contribution in [2.75, 3.05) is 19.6 Å². The average molecular weight is 310 g/mol. The van der Waals surface area contributed by atoms with Crippen LogP contribution in [-0.2, 0) is 13.1 Å². The average Bonchev–Trinajstić information content (AvgIpc) is 2.59. The molecule has 1 aliphatic rings. The van der Waals surface area contributed by atoms with Crippen molar-refractivity contribution in [1.82, 2.24) is 10.2 Å². The lowest BCUT2D eigenvalue weighted by Crippen LogP contribution is -2.45. The van der Waals surface area contributed by atoms with Crippen LogP contribution in [0.2, 0.25) is 0 Å². The van der Waals surface area contributed by atoms with E-state index in [1.807, 2.05) is 0 Å². The minimum absolute atomic E-state index is 0.238. The van der Waals surface area contributed by atoms with Gasteiger partial charge in [-0.2, -0.15) is 0 Å². The van der Waals surface area contributed by atoms with E-state index in [-0.39, 0.29) is 6.10 Å². The molecule has 0 saturated carbocycles. The SMILES string of the molecule is OC1CNCCC1CN(Cc1ccccc1)Cc1ccccc1. The Morgan fingerprint density at radius 2 is 1.48 bits per heavy atom. The van der Waals surface area contributed by atoms with E-state index in [1.165, 1.54) is 11.1 Å². The Morgan fingerprint density at radius 1 is 0.913 bits per heavy atom. The first kappa shape index (κ1) is 16.2. The maximum absolute atomic E-state index is 10.3. The predicted octanol–water partition coefficient (Wildman–Crippen LogP) is 2.66. The van der Waals surface area contributed by atoms with Crippen molar-refractivity contribution >= 4 is 0 Å². The highest BCUT2D eigenvalue weighted by molar-refractivity contribution is 5.17. The Kier molecular flexibility index (Phi) is 5.81. The number of hydrogen-bond donors (Lipinski definition) is 2. The van der Waals surface area contributed by atoms with E-state index in [4.69, 9.17) is 0 Å². The fourth-order valence-electron chi connectivity index (χ4n) is 3.31. The number of piperidine rings is 1. The van der Waals surface area contributed by atoms with Crippen molar-refractivity contribution in [3.05, 3.63) is 71.8 Å². The van der Waals surface area contributed by atoms with Crippen LogP contribution in [0.4, 0.5) is 0 Å². The zero-order valence-corrected chi connectivity index (χ0v) is 13.6. The summed E-state index contributed by atoms with van der Waals surface area (Å²) < 4.78 is 0. The quantitative estimate of drug-likeness (QED) is 0.861. The van der Waals surface area contributed by atoms with Crippen molar-refractivity contribution in [3.63, 3.8) is 0 Å². The van der Waals surface area contributed by atoms with E-state index >= 15 is 0 Å². The van der Waals surface area contributed by atoms with Gasteiger partial charge in [-0.25, -0.2) is 0 Å². The normalized spacial score (nSPS) is 21.5. The fraction of sp³-hybridized carbons (Fsp3) is 0.400. The molecule has 0 radical (unpaired) electrons. The van der Waals surface area contributed by atoms with Gasteiger partial charge < -0.3 is 10.4 Å². The first-order chi connectivity index (χ1) is 11.3. The number of nitrogens with one attached hydrogen (secondary N) is 1. The summed E-state index contributed by atoms with van der Waals surface area (Å²) in [5, 5.41) is 13.5. The lowest BCUT2D eigenvalue weighted by molar-refractivity contribution is 0.0529. The van der Waals surface area contributed by atoms with Crippen LogP contribution in [0.3, 0.4) is 0 Å². The molecule has 1 saturated heterocycles. The van der Waals surface area contributed by atoms with Gasteiger partial charge in [0, 0.05) is 32.1 Å². The van der Waals surface area contributed by atoms with Gasteiger partial charge in [0.15, 0.2) is 0 Å². The Hall–Kier alpha value is -1.68. The Morgan fingerprint density at radius 3 is 2.00 bits per heavy atom. The van der Waals surface area contributed by atoms with Gasteiger partial charge in [0.2, 0.25) is 0 Å². The minimum atomic E-state index is -0.238. The van der Waals surface area contributed by atoms with Gasteiger partial charge in [-0.1, -0.05) is 60.7 Å². The predicted molar refractivity (Wildman–Crippen MR) is 94.0 cm³/mol. The van der Waals surface area contributed by atoms with Gasteiger partial charge >= 0.3 is 0 Å². The number of aliphatic hydroxyl groups excluding tert-OH is 1. The smallest absolute Gasteiger partial charge is 0.0705 e. The molecule has 2 aromatic carbocycles. The van der Waals surface area contributed by atoms with Gasteiger partial charge in [0.1, 0.15) is 0 Å². The second kappa shape index (κ2) is 8.25. The Bertz CT molecular complexity index is 531. The molecule has 0 aliphatic carbocycles. The molecule has 3 heteroatoms. The molecule has 0 amide bonds. The molecule has 2 unspecified atom stereocenters. The summed E-state index contributed by atoms with van der Waals surface area (Å²) in [6.07, 6.45) is 0.805. The van der Waals surface area contributed by atoms with Crippen molar-refractivity contribution in [1.29, 1.82) is 0 Å². The van der Waals surface area contributed by atoms with E-state index in [1.54, 1.807) is 0 Å². The van der Waals surface area contributed by atoms with Crippen LogP contribution in [0.5, 0.6) is 0 Å². The molecule has 0 spiro atoms. The van der Waals surface area contributed by atoms with Crippen molar-refractivity contribution in [2.24, 2.45) is 5.92 Å². The molecular formula is C20H26N2O. The third-order valence-electron chi connectivity index (χ3n) is 4.58. The Balaban J connectivity index is 1.69. The zero-order chi connectivity index (χ0) is 15.9. The molecule has 1 fully saturated rings. The van der Waals surface area contributed by atoms with Gasteiger partial charge in [-0.15, -0.1) is 0 Å². The number of nitrogens with zero attached hydrogens (tertiary/aromatic N) is 1. The minimum Gasteiger partial charge on any atom is -0.391 e. The molecule has 2 N–H and O–H groups in total. The third-order valence-corrected chi connectivity index (χ3v) is 4.58. The number of benzene rings is 2. The van der Waals surface area contributed by atoms with E-state index in [0.717, 1.165) is 39.1 Å².